The maximum absolute atomic E-state index is 12.9. The third-order valence-corrected chi connectivity index (χ3v) is 4.49. The van der Waals surface area contributed by atoms with Crippen molar-refractivity contribution in [3.63, 3.8) is 0 Å². The van der Waals surface area contributed by atoms with E-state index in [0.29, 0.717) is 17.8 Å². The summed E-state index contributed by atoms with van der Waals surface area (Å²) in [4.78, 5) is 17.1. The zero-order valence-corrected chi connectivity index (χ0v) is 15.5. The number of nitrogens with zero attached hydrogens (tertiary/aromatic N) is 3. The van der Waals surface area contributed by atoms with Crippen molar-refractivity contribution in [1.29, 1.82) is 0 Å². The van der Waals surface area contributed by atoms with Crippen LogP contribution < -0.4 is 5.32 Å². The van der Waals surface area contributed by atoms with E-state index in [0.717, 1.165) is 16.8 Å². The van der Waals surface area contributed by atoms with Gasteiger partial charge in [0.2, 0.25) is 0 Å². The van der Waals surface area contributed by atoms with Crippen LogP contribution in [0.4, 0.5) is 0 Å². The van der Waals surface area contributed by atoms with Gasteiger partial charge in [0, 0.05) is 30.7 Å². The van der Waals surface area contributed by atoms with Crippen molar-refractivity contribution in [1.82, 2.24) is 20.1 Å². The van der Waals surface area contributed by atoms with E-state index < -0.39 is 0 Å². The van der Waals surface area contributed by atoms with E-state index in [9.17, 15) is 4.79 Å². The monoisotopic (exact) mass is 368 g/mol. The molecule has 5 nitrogen and oxygen atoms in total. The lowest BCUT2D eigenvalue weighted by molar-refractivity contribution is 0.0951. The number of hydrogen-bond donors (Lipinski definition) is 1. The molecule has 0 bridgehead atoms. The summed E-state index contributed by atoms with van der Waals surface area (Å²) >= 11 is 0. The molecule has 0 spiro atoms. The summed E-state index contributed by atoms with van der Waals surface area (Å²) < 4.78 is 1.73. The largest absolute Gasteiger partial charge is 0.348 e. The Morgan fingerprint density at radius 1 is 1.00 bits per heavy atom. The Balaban J connectivity index is 1.65. The summed E-state index contributed by atoms with van der Waals surface area (Å²) in [5, 5.41) is 7.65. The molecule has 0 aliphatic heterocycles. The number of para-hydroxylation sites is 1. The van der Waals surface area contributed by atoms with Crippen LogP contribution in [0.15, 0.2) is 85.3 Å². The molecule has 0 radical (unpaired) electrons. The zero-order chi connectivity index (χ0) is 19.3. The van der Waals surface area contributed by atoms with E-state index >= 15 is 0 Å². The van der Waals surface area contributed by atoms with Gasteiger partial charge in [-0.3, -0.25) is 9.78 Å². The highest BCUT2D eigenvalue weighted by molar-refractivity contribution is 5.99. The molecule has 138 valence electrons. The average molecular weight is 368 g/mol. The number of benzene rings is 2. The molecule has 2 aromatic heterocycles. The van der Waals surface area contributed by atoms with Gasteiger partial charge in [0.15, 0.2) is 0 Å². The van der Waals surface area contributed by atoms with Gasteiger partial charge < -0.3 is 5.32 Å². The maximum atomic E-state index is 12.9. The Labute approximate surface area is 163 Å². The molecule has 1 amide bonds. The number of aromatic nitrogens is 3. The van der Waals surface area contributed by atoms with Gasteiger partial charge in [-0.2, -0.15) is 5.10 Å². The first kappa shape index (κ1) is 17.7. The molecule has 4 aromatic rings. The van der Waals surface area contributed by atoms with Crippen LogP contribution in [-0.2, 0) is 6.54 Å². The topological polar surface area (TPSA) is 59.8 Å². The van der Waals surface area contributed by atoms with Crippen molar-refractivity contribution >= 4 is 5.91 Å². The summed E-state index contributed by atoms with van der Waals surface area (Å²) in [6.07, 6.45) is 5.19. The molecular weight excluding hydrogens is 348 g/mol. The summed E-state index contributed by atoms with van der Waals surface area (Å²) in [7, 11) is 0. The molecule has 5 heteroatoms. The van der Waals surface area contributed by atoms with Gasteiger partial charge in [-0.15, -0.1) is 0 Å². The Hall–Kier alpha value is -3.73. The highest BCUT2D eigenvalue weighted by atomic mass is 16.1. The number of carbonyl (C=O) groups is 1. The van der Waals surface area contributed by atoms with Gasteiger partial charge in [-0.05, 0) is 36.8 Å². The fourth-order valence-corrected chi connectivity index (χ4v) is 2.95. The predicted octanol–water partition coefficient (Wildman–Crippen LogP) is 4.17. The first-order valence-corrected chi connectivity index (χ1v) is 9.10. The number of rotatable bonds is 5. The molecule has 0 fully saturated rings. The van der Waals surface area contributed by atoms with Crippen LogP contribution in [0.5, 0.6) is 0 Å². The van der Waals surface area contributed by atoms with Gasteiger partial charge in [0.05, 0.1) is 11.3 Å². The number of pyridine rings is 1. The minimum atomic E-state index is -0.165. The van der Waals surface area contributed by atoms with Crippen LogP contribution in [0.25, 0.3) is 16.9 Å². The molecular formula is C23H20N4O. The molecule has 0 aliphatic rings. The molecule has 2 aromatic carbocycles. The van der Waals surface area contributed by atoms with E-state index in [2.05, 4.69) is 15.4 Å². The Kier molecular flexibility index (Phi) is 4.97. The highest BCUT2D eigenvalue weighted by Gasteiger charge is 2.18. The van der Waals surface area contributed by atoms with E-state index in [4.69, 9.17) is 0 Å². The quantitative estimate of drug-likeness (QED) is 0.575. The number of hydrogen-bond acceptors (Lipinski definition) is 3. The lowest BCUT2D eigenvalue weighted by Crippen LogP contribution is -2.23. The van der Waals surface area contributed by atoms with Crippen molar-refractivity contribution in [2.75, 3.05) is 0 Å². The number of nitrogens with one attached hydrogen (secondary N) is 1. The van der Waals surface area contributed by atoms with Gasteiger partial charge in [0.1, 0.15) is 5.69 Å². The smallest absolute Gasteiger partial charge is 0.255 e. The van der Waals surface area contributed by atoms with Gasteiger partial charge in [-0.25, -0.2) is 4.68 Å². The number of carbonyl (C=O) groups excluding carboxylic acids is 1. The third kappa shape index (κ3) is 3.83. The highest BCUT2D eigenvalue weighted by Crippen LogP contribution is 2.23. The van der Waals surface area contributed by atoms with Crippen LogP contribution in [0, 0.1) is 6.92 Å². The molecule has 4 rings (SSSR count). The lowest BCUT2D eigenvalue weighted by atomic mass is 10.1. The molecule has 0 saturated heterocycles. The van der Waals surface area contributed by atoms with Crippen molar-refractivity contribution in [3.05, 3.63) is 102 Å². The van der Waals surface area contributed by atoms with Crippen molar-refractivity contribution < 1.29 is 4.79 Å². The summed E-state index contributed by atoms with van der Waals surface area (Å²) in [6.45, 7) is 2.50. The molecule has 1 N–H and O–H groups in total. The van der Waals surface area contributed by atoms with Crippen LogP contribution in [0.1, 0.15) is 21.5 Å². The molecule has 0 aliphatic carbocycles. The molecule has 0 saturated carbocycles. The maximum Gasteiger partial charge on any atom is 0.255 e. The second-order valence-electron chi connectivity index (χ2n) is 6.58. The Morgan fingerprint density at radius 2 is 1.79 bits per heavy atom. The minimum Gasteiger partial charge on any atom is -0.348 e. The van der Waals surface area contributed by atoms with Crippen LogP contribution in [0.3, 0.4) is 0 Å². The predicted molar refractivity (Wildman–Crippen MR) is 109 cm³/mol. The third-order valence-electron chi connectivity index (χ3n) is 4.49. The van der Waals surface area contributed by atoms with E-state index in [-0.39, 0.29) is 5.91 Å². The first-order chi connectivity index (χ1) is 13.7. The lowest BCUT2D eigenvalue weighted by Gasteiger charge is -2.06. The van der Waals surface area contributed by atoms with Crippen LogP contribution in [0.2, 0.25) is 0 Å². The van der Waals surface area contributed by atoms with Crippen molar-refractivity contribution in [3.8, 4) is 16.9 Å². The number of aryl methyl sites for hydroxylation is 1. The summed E-state index contributed by atoms with van der Waals surface area (Å²) in [5.41, 5.74) is 5.07. The average Bonchev–Trinajstić information content (AvgIpc) is 3.20. The summed E-state index contributed by atoms with van der Waals surface area (Å²) in [6, 6.07) is 21.6. The summed E-state index contributed by atoms with van der Waals surface area (Å²) in [5.74, 6) is -0.165. The van der Waals surface area contributed by atoms with Gasteiger partial charge in [-0.1, -0.05) is 48.0 Å². The van der Waals surface area contributed by atoms with Gasteiger partial charge in [0.25, 0.3) is 5.91 Å². The van der Waals surface area contributed by atoms with Crippen LogP contribution in [-0.4, -0.2) is 20.7 Å². The molecule has 0 atom stereocenters. The zero-order valence-electron chi connectivity index (χ0n) is 15.5. The first-order valence-electron chi connectivity index (χ1n) is 9.10. The fourth-order valence-electron chi connectivity index (χ4n) is 2.95. The van der Waals surface area contributed by atoms with E-state index in [1.54, 1.807) is 23.3 Å². The second-order valence-corrected chi connectivity index (χ2v) is 6.58. The second kappa shape index (κ2) is 7.88. The Bertz CT molecular complexity index is 1070. The van der Waals surface area contributed by atoms with Gasteiger partial charge >= 0.3 is 0 Å². The number of amides is 1. The van der Waals surface area contributed by atoms with Crippen molar-refractivity contribution in [2.24, 2.45) is 0 Å². The Morgan fingerprint density at radius 3 is 2.50 bits per heavy atom. The molecule has 0 unspecified atom stereocenters. The minimum absolute atomic E-state index is 0.165. The fraction of sp³-hybridized carbons (Fsp3) is 0.0870. The van der Waals surface area contributed by atoms with E-state index in [1.807, 2.05) is 73.7 Å². The standard InChI is InChI=1S/C23H20N4O/c1-17-9-11-18(12-10-17)14-25-23(28)21-16-27(20-7-3-2-4-8-20)26-22(21)19-6-5-13-24-15-19/h2-13,15-16H,14H2,1H3,(H,25,28). The van der Waals surface area contributed by atoms with E-state index in [1.165, 1.54) is 5.56 Å². The SMILES string of the molecule is Cc1ccc(CNC(=O)c2cn(-c3ccccc3)nc2-c2cccnc2)cc1. The normalized spacial score (nSPS) is 10.6. The van der Waals surface area contributed by atoms with Crippen molar-refractivity contribution in [2.45, 2.75) is 13.5 Å². The molecule has 28 heavy (non-hydrogen) atoms. The molecule has 2 heterocycles. The van der Waals surface area contributed by atoms with Crippen LogP contribution >= 0.6 is 0 Å².